The van der Waals surface area contributed by atoms with Crippen molar-refractivity contribution in [3.63, 3.8) is 0 Å². The summed E-state index contributed by atoms with van der Waals surface area (Å²) in [7, 11) is 0. The van der Waals surface area contributed by atoms with Crippen LogP contribution in [0.2, 0.25) is 0 Å². The maximum atomic E-state index is 12.9. The smallest absolute Gasteiger partial charge is 0.412 e. The maximum Gasteiger partial charge on any atom is 0.412 e. The minimum atomic E-state index is -0.966. The standard InChI is InChI=1S/C25H27N7O3/c1-17-3-4-19-20(32(17)25(34)35)5-6-21-24(19)29-22(9-14-30-13-2-10-28-30)31(21)16-23(33)27-15-18-7-11-26-12-8-18/h2,5-8,10-13,17H,3-4,9,14-16H2,1H3,(H,27,33)(H,34,35)/t17-/m0/s1. The molecule has 1 aliphatic heterocycles. The van der Waals surface area contributed by atoms with Crippen LogP contribution in [0.5, 0.6) is 0 Å². The van der Waals surface area contributed by atoms with E-state index in [0.717, 1.165) is 40.8 Å². The van der Waals surface area contributed by atoms with Gasteiger partial charge >= 0.3 is 6.09 Å². The average molecular weight is 474 g/mol. The molecule has 0 saturated heterocycles. The van der Waals surface area contributed by atoms with E-state index < -0.39 is 6.09 Å². The van der Waals surface area contributed by atoms with Crippen molar-refractivity contribution in [3.8, 4) is 0 Å². The van der Waals surface area contributed by atoms with Crippen molar-refractivity contribution < 1.29 is 14.7 Å². The lowest BCUT2D eigenvalue weighted by atomic mass is 9.96. The van der Waals surface area contributed by atoms with Crippen LogP contribution in [-0.4, -0.2) is 47.5 Å². The monoisotopic (exact) mass is 473 g/mol. The molecule has 1 aliphatic rings. The van der Waals surface area contributed by atoms with Crippen molar-refractivity contribution in [2.75, 3.05) is 4.90 Å². The molecule has 3 aromatic heterocycles. The number of benzene rings is 1. The van der Waals surface area contributed by atoms with Crippen molar-refractivity contribution in [1.82, 2.24) is 29.6 Å². The largest absolute Gasteiger partial charge is 0.465 e. The molecule has 10 nitrogen and oxygen atoms in total. The number of nitrogens with zero attached hydrogens (tertiary/aromatic N) is 6. The normalized spacial score (nSPS) is 15.2. The molecule has 0 unspecified atom stereocenters. The van der Waals surface area contributed by atoms with Crippen molar-refractivity contribution in [1.29, 1.82) is 0 Å². The zero-order chi connectivity index (χ0) is 24.4. The van der Waals surface area contributed by atoms with Gasteiger partial charge in [0.1, 0.15) is 12.4 Å². The summed E-state index contributed by atoms with van der Waals surface area (Å²) in [6.45, 7) is 3.07. The maximum absolute atomic E-state index is 12.9. The number of amides is 2. The lowest BCUT2D eigenvalue weighted by Gasteiger charge is -2.33. The van der Waals surface area contributed by atoms with Crippen LogP contribution < -0.4 is 10.2 Å². The van der Waals surface area contributed by atoms with E-state index in [1.807, 2.05) is 52.7 Å². The molecule has 1 atom stereocenters. The number of aromatic nitrogens is 5. The van der Waals surface area contributed by atoms with Gasteiger partial charge in [-0.25, -0.2) is 9.78 Å². The van der Waals surface area contributed by atoms with Gasteiger partial charge < -0.3 is 15.0 Å². The highest BCUT2D eigenvalue weighted by atomic mass is 16.4. The van der Waals surface area contributed by atoms with Crippen molar-refractivity contribution in [3.05, 3.63) is 72.1 Å². The second kappa shape index (κ2) is 9.57. The van der Waals surface area contributed by atoms with Crippen LogP contribution in [0.3, 0.4) is 0 Å². The van der Waals surface area contributed by atoms with Crippen LogP contribution in [-0.2, 0) is 37.3 Å². The Kier molecular flexibility index (Phi) is 6.17. The van der Waals surface area contributed by atoms with Gasteiger partial charge in [0, 0.05) is 55.9 Å². The minimum absolute atomic E-state index is 0.0993. The number of nitrogens with one attached hydrogen (secondary N) is 1. The van der Waals surface area contributed by atoms with Crippen LogP contribution in [0.4, 0.5) is 10.5 Å². The highest BCUT2D eigenvalue weighted by molar-refractivity contribution is 5.95. The summed E-state index contributed by atoms with van der Waals surface area (Å²) >= 11 is 0. The van der Waals surface area contributed by atoms with E-state index in [4.69, 9.17) is 4.98 Å². The summed E-state index contributed by atoms with van der Waals surface area (Å²) < 4.78 is 3.76. The number of carbonyl (C=O) groups excluding carboxylic acids is 1. The van der Waals surface area contributed by atoms with Gasteiger partial charge in [0.05, 0.1) is 16.7 Å². The molecular weight excluding hydrogens is 446 g/mol. The summed E-state index contributed by atoms with van der Waals surface area (Å²) in [6.07, 6.45) is 8.09. The first kappa shape index (κ1) is 22.6. The fraction of sp³-hybridized carbons (Fsp3) is 0.320. The number of carboxylic acid groups (broad SMARTS) is 1. The summed E-state index contributed by atoms with van der Waals surface area (Å²) in [5.41, 5.74) is 4.16. The lowest BCUT2D eigenvalue weighted by molar-refractivity contribution is -0.121. The molecule has 180 valence electrons. The second-order valence-electron chi connectivity index (χ2n) is 8.74. The number of hydrogen-bond acceptors (Lipinski definition) is 5. The zero-order valence-corrected chi connectivity index (χ0v) is 19.5. The Bertz CT molecular complexity index is 1350. The molecule has 5 rings (SSSR count). The Morgan fingerprint density at radius 3 is 2.74 bits per heavy atom. The molecule has 0 aliphatic carbocycles. The van der Waals surface area contributed by atoms with E-state index in [9.17, 15) is 14.7 Å². The fourth-order valence-electron chi connectivity index (χ4n) is 4.68. The average Bonchev–Trinajstić information content (AvgIpc) is 3.49. The molecule has 0 bridgehead atoms. The van der Waals surface area contributed by atoms with Crippen LogP contribution >= 0.6 is 0 Å². The highest BCUT2D eigenvalue weighted by Crippen LogP contribution is 2.36. The quantitative estimate of drug-likeness (QED) is 0.426. The predicted octanol–water partition coefficient (Wildman–Crippen LogP) is 3.01. The topological polar surface area (TPSA) is 118 Å². The molecule has 4 aromatic rings. The number of hydrogen-bond donors (Lipinski definition) is 2. The number of anilines is 1. The van der Waals surface area contributed by atoms with Crippen molar-refractivity contribution in [2.24, 2.45) is 0 Å². The Morgan fingerprint density at radius 2 is 2.00 bits per heavy atom. The number of imidazole rings is 1. The van der Waals surface area contributed by atoms with Crippen LogP contribution in [0.1, 0.15) is 30.3 Å². The van der Waals surface area contributed by atoms with E-state index in [0.29, 0.717) is 25.2 Å². The highest BCUT2D eigenvalue weighted by Gasteiger charge is 2.30. The Labute approximate surface area is 202 Å². The third-order valence-corrected chi connectivity index (χ3v) is 6.46. The van der Waals surface area contributed by atoms with Crippen LogP contribution in [0.25, 0.3) is 11.0 Å². The van der Waals surface area contributed by atoms with Gasteiger partial charge in [-0.05, 0) is 55.7 Å². The third kappa shape index (κ3) is 4.59. The second-order valence-corrected chi connectivity index (χ2v) is 8.74. The first-order valence-corrected chi connectivity index (χ1v) is 11.7. The number of fused-ring (bicyclic) bond motifs is 3. The number of aryl methyl sites for hydroxylation is 3. The first-order valence-electron chi connectivity index (χ1n) is 11.7. The lowest BCUT2D eigenvalue weighted by Crippen LogP contribution is -2.41. The summed E-state index contributed by atoms with van der Waals surface area (Å²) in [4.78, 5) is 35.2. The first-order chi connectivity index (χ1) is 17.0. The molecule has 35 heavy (non-hydrogen) atoms. The minimum Gasteiger partial charge on any atom is -0.465 e. The summed E-state index contributed by atoms with van der Waals surface area (Å²) in [5.74, 6) is 0.642. The summed E-state index contributed by atoms with van der Waals surface area (Å²) in [6, 6.07) is 9.22. The molecule has 0 spiro atoms. The Morgan fingerprint density at radius 1 is 1.17 bits per heavy atom. The number of rotatable bonds is 7. The Balaban J connectivity index is 1.48. The Hall–Kier alpha value is -4.21. The number of carbonyl (C=O) groups is 2. The van der Waals surface area contributed by atoms with Gasteiger partial charge in [-0.3, -0.25) is 19.4 Å². The molecule has 10 heteroatoms. The molecule has 2 amide bonds. The molecule has 1 aromatic carbocycles. The van der Waals surface area contributed by atoms with Crippen molar-refractivity contribution in [2.45, 2.75) is 51.9 Å². The van der Waals surface area contributed by atoms with Gasteiger partial charge in [-0.15, -0.1) is 0 Å². The molecule has 4 heterocycles. The van der Waals surface area contributed by atoms with Crippen LogP contribution in [0.15, 0.2) is 55.1 Å². The van der Waals surface area contributed by atoms with E-state index in [1.165, 1.54) is 4.90 Å². The van der Waals surface area contributed by atoms with Crippen molar-refractivity contribution >= 4 is 28.7 Å². The molecule has 2 N–H and O–H groups in total. The molecule has 0 fully saturated rings. The van der Waals surface area contributed by atoms with E-state index in [-0.39, 0.29) is 18.5 Å². The predicted molar refractivity (Wildman–Crippen MR) is 130 cm³/mol. The fourth-order valence-corrected chi connectivity index (χ4v) is 4.68. The van der Waals surface area contributed by atoms with E-state index in [2.05, 4.69) is 15.4 Å². The van der Waals surface area contributed by atoms with Gasteiger partial charge in [0.25, 0.3) is 0 Å². The third-order valence-electron chi connectivity index (χ3n) is 6.46. The van der Waals surface area contributed by atoms with Gasteiger partial charge in [-0.2, -0.15) is 5.10 Å². The van der Waals surface area contributed by atoms with Gasteiger partial charge in [-0.1, -0.05) is 0 Å². The number of pyridine rings is 1. The zero-order valence-electron chi connectivity index (χ0n) is 19.5. The van der Waals surface area contributed by atoms with Gasteiger partial charge in [0.2, 0.25) is 5.91 Å². The molecular formula is C25H27N7O3. The molecule has 0 saturated carbocycles. The van der Waals surface area contributed by atoms with E-state index in [1.54, 1.807) is 18.6 Å². The van der Waals surface area contributed by atoms with E-state index >= 15 is 0 Å². The SMILES string of the molecule is C[C@H]1CCc2c(ccc3c2nc(CCn2cccn2)n3CC(=O)NCc2ccncc2)N1C(=O)O. The molecule has 0 radical (unpaired) electrons. The van der Waals surface area contributed by atoms with Crippen LogP contribution in [0, 0.1) is 0 Å². The summed E-state index contributed by atoms with van der Waals surface area (Å²) in [5, 5.41) is 17.0. The van der Waals surface area contributed by atoms with Gasteiger partial charge in [0.15, 0.2) is 0 Å².